The number of amides is 1. The number of aliphatic hydroxyl groups is 1. The molecule has 5 aliphatic rings. The van der Waals surface area contributed by atoms with Gasteiger partial charge in [0.25, 0.3) is 0 Å². The second-order valence-electron chi connectivity index (χ2n) is 10.6. The molecule has 2 aliphatic heterocycles. The molecule has 2 aromatic rings. The summed E-state index contributed by atoms with van der Waals surface area (Å²) in [4.78, 5) is 15.4. The first-order valence-corrected chi connectivity index (χ1v) is 12.4. The van der Waals surface area contributed by atoms with Gasteiger partial charge < -0.3 is 19.6 Å². The number of hydrogen-bond acceptors (Lipinski definition) is 5. The zero-order valence-corrected chi connectivity index (χ0v) is 18.7. The molecule has 3 heterocycles. The van der Waals surface area contributed by atoms with E-state index in [4.69, 9.17) is 9.15 Å². The van der Waals surface area contributed by atoms with Crippen molar-refractivity contribution in [1.82, 2.24) is 10.2 Å². The van der Waals surface area contributed by atoms with Crippen molar-refractivity contribution in [1.29, 1.82) is 0 Å². The highest BCUT2D eigenvalue weighted by Gasteiger charge is 2.72. The Morgan fingerprint density at radius 1 is 1.21 bits per heavy atom. The fourth-order valence-corrected chi connectivity index (χ4v) is 7.37. The van der Waals surface area contributed by atoms with Crippen molar-refractivity contribution in [3.63, 3.8) is 0 Å². The van der Waals surface area contributed by atoms with E-state index in [0.717, 1.165) is 37.6 Å². The topological polar surface area (TPSA) is 74.9 Å². The summed E-state index contributed by atoms with van der Waals surface area (Å²) in [5.41, 5.74) is 1.25. The third-order valence-corrected chi connectivity index (χ3v) is 8.93. The summed E-state index contributed by atoms with van der Waals surface area (Å²) in [5.74, 6) is 2.19. The number of likely N-dealkylation sites (tertiary alicyclic amines) is 1. The van der Waals surface area contributed by atoms with E-state index in [-0.39, 0.29) is 24.1 Å². The third-order valence-electron chi connectivity index (χ3n) is 8.93. The van der Waals surface area contributed by atoms with E-state index < -0.39 is 11.0 Å². The number of carbonyl (C=O) groups is 1. The molecule has 1 spiro atoms. The van der Waals surface area contributed by atoms with Gasteiger partial charge in [0.05, 0.1) is 23.3 Å². The average molecular weight is 447 g/mol. The number of rotatable bonds is 5. The van der Waals surface area contributed by atoms with Crippen LogP contribution in [0.4, 0.5) is 0 Å². The number of furan rings is 1. The molecule has 5 atom stereocenters. The highest BCUT2D eigenvalue weighted by Crippen LogP contribution is 2.64. The Morgan fingerprint density at radius 2 is 2.12 bits per heavy atom. The molecule has 0 radical (unpaired) electrons. The minimum absolute atomic E-state index is 0.120. The molecular weight excluding hydrogens is 416 g/mol. The van der Waals surface area contributed by atoms with Crippen LogP contribution >= 0.6 is 0 Å². The number of ether oxygens (including phenoxy) is 1. The lowest BCUT2D eigenvalue weighted by Gasteiger charge is -2.64. The lowest BCUT2D eigenvalue weighted by atomic mass is 9.48. The number of hydrogen-bond donors (Lipinski definition) is 2. The van der Waals surface area contributed by atoms with Crippen LogP contribution in [0.5, 0.6) is 5.75 Å². The molecule has 3 fully saturated rings. The molecule has 2 saturated carbocycles. The molecule has 2 N–H and O–H groups in total. The molecule has 172 valence electrons. The maximum Gasteiger partial charge on any atom is 0.244 e. The van der Waals surface area contributed by atoms with Crippen LogP contribution in [0.25, 0.3) is 6.08 Å². The van der Waals surface area contributed by atoms with Crippen molar-refractivity contribution in [3.05, 3.63) is 59.6 Å². The smallest absolute Gasteiger partial charge is 0.244 e. The minimum Gasteiger partial charge on any atom is -0.487 e. The Morgan fingerprint density at radius 3 is 2.94 bits per heavy atom. The predicted molar refractivity (Wildman–Crippen MR) is 123 cm³/mol. The Kier molecular flexibility index (Phi) is 4.19. The number of carbonyl (C=O) groups excluding carboxylic acids is 1. The first kappa shape index (κ1) is 19.9. The summed E-state index contributed by atoms with van der Waals surface area (Å²) >= 11 is 0. The van der Waals surface area contributed by atoms with Gasteiger partial charge >= 0.3 is 0 Å². The van der Waals surface area contributed by atoms with Crippen LogP contribution in [-0.4, -0.2) is 52.8 Å². The molecular formula is C27H30N2O4. The Hall–Kier alpha value is -2.57. The molecule has 6 heteroatoms. The van der Waals surface area contributed by atoms with Crippen LogP contribution < -0.4 is 10.1 Å². The summed E-state index contributed by atoms with van der Waals surface area (Å²) in [7, 11) is 0. The van der Waals surface area contributed by atoms with Gasteiger partial charge in [0.1, 0.15) is 17.6 Å². The van der Waals surface area contributed by atoms with Crippen molar-refractivity contribution >= 4 is 12.0 Å². The highest BCUT2D eigenvalue weighted by atomic mass is 16.5. The quantitative estimate of drug-likeness (QED) is 0.691. The number of piperidine rings is 1. The lowest BCUT2D eigenvalue weighted by molar-refractivity contribution is -0.192. The monoisotopic (exact) mass is 446 g/mol. The van der Waals surface area contributed by atoms with Crippen molar-refractivity contribution in [3.8, 4) is 5.75 Å². The van der Waals surface area contributed by atoms with Crippen molar-refractivity contribution < 1.29 is 19.1 Å². The van der Waals surface area contributed by atoms with E-state index in [1.807, 2.05) is 12.1 Å². The molecule has 7 rings (SSSR count). The van der Waals surface area contributed by atoms with Crippen LogP contribution in [0.1, 0.15) is 49.0 Å². The molecule has 1 aromatic carbocycles. The molecule has 33 heavy (non-hydrogen) atoms. The number of nitrogens with zero attached hydrogens (tertiary/aromatic N) is 1. The van der Waals surface area contributed by atoms with Gasteiger partial charge in [0, 0.05) is 24.2 Å². The Balaban J connectivity index is 1.23. The van der Waals surface area contributed by atoms with Crippen molar-refractivity contribution in [2.45, 2.75) is 67.7 Å². The van der Waals surface area contributed by atoms with Gasteiger partial charge in [0.2, 0.25) is 5.91 Å². The molecule has 1 saturated heterocycles. The maximum absolute atomic E-state index is 12.8. The fraction of sp³-hybridized carbons (Fsp3) is 0.519. The lowest BCUT2D eigenvalue weighted by Crippen LogP contribution is -2.78. The van der Waals surface area contributed by atoms with Crippen LogP contribution in [-0.2, 0) is 16.6 Å². The summed E-state index contributed by atoms with van der Waals surface area (Å²) < 4.78 is 11.9. The average Bonchev–Trinajstić information content (AvgIpc) is 3.33. The Labute approximate surface area is 193 Å². The van der Waals surface area contributed by atoms with Gasteiger partial charge in [-0.05, 0) is 80.8 Å². The van der Waals surface area contributed by atoms with Crippen LogP contribution in [0, 0.1) is 5.92 Å². The second-order valence-corrected chi connectivity index (χ2v) is 10.6. The van der Waals surface area contributed by atoms with E-state index in [1.165, 1.54) is 30.0 Å². The largest absolute Gasteiger partial charge is 0.487 e. The van der Waals surface area contributed by atoms with Gasteiger partial charge in [-0.3, -0.25) is 9.69 Å². The molecule has 2 bridgehead atoms. The van der Waals surface area contributed by atoms with E-state index >= 15 is 0 Å². The number of benzene rings is 1. The zero-order valence-electron chi connectivity index (χ0n) is 18.7. The summed E-state index contributed by atoms with van der Waals surface area (Å²) in [5, 5.41) is 15.6. The Bertz CT molecular complexity index is 1120. The molecule has 1 aromatic heterocycles. The standard InChI is InChI=1S/C27H30N2O4/c30-23(9-8-19-4-2-14-32-19)28-20-10-11-27(31)22-15-18-3-1-5-21-24(18)26(27,25(20)33-21)12-13-29(22)16-17-6-7-17/h1-5,8-9,14,17,20,22,25,31H,6-7,10-13,15-16H2,(H,28,30)/b9-8+/t20-,22+,25-,26-,27+/m0/s1. The summed E-state index contributed by atoms with van der Waals surface area (Å²) in [6.07, 6.45) is 10.3. The summed E-state index contributed by atoms with van der Waals surface area (Å²) in [6.45, 7) is 2.08. The third kappa shape index (κ3) is 2.77. The van der Waals surface area contributed by atoms with E-state index in [9.17, 15) is 9.90 Å². The van der Waals surface area contributed by atoms with Crippen molar-refractivity contribution in [2.75, 3.05) is 13.1 Å². The van der Waals surface area contributed by atoms with Gasteiger partial charge in [-0.2, -0.15) is 0 Å². The normalized spacial score (nSPS) is 36.5. The zero-order chi connectivity index (χ0) is 22.2. The first-order chi connectivity index (χ1) is 16.1. The molecule has 0 unspecified atom stereocenters. The predicted octanol–water partition coefficient (Wildman–Crippen LogP) is 3.04. The van der Waals surface area contributed by atoms with E-state index in [0.29, 0.717) is 18.6 Å². The van der Waals surface area contributed by atoms with E-state index in [1.54, 1.807) is 18.4 Å². The van der Waals surface area contributed by atoms with Gasteiger partial charge in [-0.1, -0.05) is 12.1 Å². The van der Waals surface area contributed by atoms with Crippen molar-refractivity contribution in [2.24, 2.45) is 5.92 Å². The van der Waals surface area contributed by atoms with Gasteiger partial charge in [-0.25, -0.2) is 0 Å². The SMILES string of the molecule is O=C(/C=C/c1ccco1)N[C@H]1CC[C@@]2(O)[C@H]3Cc4cccc5c4[C@@]2(CCN3CC2CC2)[C@H]1O5. The first-order valence-electron chi connectivity index (χ1n) is 12.4. The number of nitrogens with one attached hydrogen (secondary N) is 1. The summed E-state index contributed by atoms with van der Waals surface area (Å²) in [6, 6.07) is 9.93. The molecule has 3 aliphatic carbocycles. The highest BCUT2D eigenvalue weighted by molar-refractivity contribution is 5.91. The maximum atomic E-state index is 12.8. The van der Waals surface area contributed by atoms with Crippen LogP contribution in [0.3, 0.4) is 0 Å². The second kappa shape index (κ2) is 6.97. The van der Waals surface area contributed by atoms with Crippen LogP contribution in [0.2, 0.25) is 0 Å². The molecule has 1 amide bonds. The minimum atomic E-state index is -0.824. The van der Waals surface area contributed by atoms with E-state index in [2.05, 4.69) is 22.3 Å². The van der Waals surface area contributed by atoms with Gasteiger partial charge in [0.15, 0.2) is 0 Å². The fourth-order valence-electron chi connectivity index (χ4n) is 7.37. The van der Waals surface area contributed by atoms with Gasteiger partial charge in [-0.15, -0.1) is 0 Å². The molecule has 6 nitrogen and oxygen atoms in total. The van der Waals surface area contributed by atoms with Crippen LogP contribution in [0.15, 0.2) is 47.1 Å².